The summed E-state index contributed by atoms with van der Waals surface area (Å²) in [6.45, 7) is 4.41. The molecular formula is C13H20N2O2S. The fourth-order valence-electron chi connectivity index (χ4n) is 2.28. The Bertz CT molecular complexity index is 422. The number of carbonyl (C=O) groups is 1. The molecule has 1 heterocycles. The van der Waals surface area contributed by atoms with E-state index < -0.39 is 5.60 Å². The Morgan fingerprint density at radius 1 is 1.61 bits per heavy atom. The van der Waals surface area contributed by atoms with E-state index in [0.29, 0.717) is 18.2 Å². The van der Waals surface area contributed by atoms with Gasteiger partial charge in [-0.1, -0.05) is 6.92 Å². The van der Waals surface area contributed by atoms with Gasteiger partial charge in [0.2, 0.25) is 0 Å². The van der Waals surface area contributed by atoms with Crippen molar-refractivity contribution in [3.8, 4) is 0 Å². The summed E-state index contributed by atoms with van der Waals surface area (Å²) in [5, 5.41) is 15.8. The molecule has 18 heavy (non-hydrogen) atoms. The molecule has 1 aliphatic rings. The summed E-state index contributed by atoms with van der Waals surface area (Å²) < 4.78 is 0. The van der Waals surface area contributed by atoms with Gasteiger partial charge in [-0.3, -0.25) is 4.79 Å². The van der Waals surface area contributed by atoms with Crippen LogP contribution in [0.3, 0.4) is 0 Å². The highest BCUT2D eigenvalue weighted by Gasteiger charge is 2.32. The third-order valence-electron chi connectivity index (χ3n) is 3.63. The van der Waals surface area contributed by atoms with E-state index in [2.05, 4.69) is 17.2 Å². The van der Waals surface area contributed by atoms with Gasteiger partial charge in [-0.25, -0.2) is 4.98 Å². The van der Waals surface area contributed by atoms with Crippen molar-refractivity contribution in [2.45, 2.75) is 45.1 Å². The van der Waals surface area contributed by atoms with Crippen LogP contribution < -0.4 is 5.32 Å². The molecule has 2 N–H and O–H groups in total. The number of hydrogen-bond donors (Lipinski definition) is 2. The Morgan fingerprint density at radius 3 is 2.83 bits per heavy atom. The molecule has 0 aliphatic heterocycles. The van der Waals surface area contributed by atoms with Crippen molar-refractivity contribution < 1.29 is 9.90 Å². The number of aromatic nitrogens is 1. The summed E-state index contributed by atoms with van der Waals surface area (Å²) in [7, 11) is 0. The molecule has 1 saturated carbocycles. The Hall–Kier alpha value is -0.940. The van der Waals surface area contributed by atoms with E-state index >= 15 is 0 Å². The van der Waals surface area contributed by atoms with Crippen molar-refractivity contribution in [2.75, 3.05) is 6.54 Å². The minimum atomic E-state index is -0.729. The number of aliphatic hydroxyl groups is 1. The summed E-state index contributed by atoms with van der Waals surface area (Å²) in [5.41, 5.74) is -0.280. The molecular weight excluding hydrogens is 248 g/mol. The molecule has 0 unspecified atom stereocenters. The number of carbonyl (C=O) groups excluding carboxylic acids is 1. The van der Waals surface area contributed by atoms with Crippen LogP contribution in [0.4, 0.5) is 0 Å². The molecule has 100 valence electrons. The average molecular weight is 268 g/mol. The zero-order valence-corrected chi connectivity index (χ0v) is 11.7. The Morgan fingerprint density at radius 2 is 2.28 bits per heavy atom. The lowest BCUT2D eigenvalue weighted by Gasteiger charge is -2.34. The molecule has 0 atom stereocenters. The van der Waals surface area contributed by atoms with Crippen LogP contribution in [0.25, 0.3) is 0 Å². The highest BCUT2D eigenvalue weighted by molar-refractivity contribution is 7.09. The summed E-state index contributed by atoms with van der Waals surface area (Å²) in [6, 6.07) is 0. The number of rotatable bonds is 3. The van der Waals surface area contributed by atoms with E-state index in [-0.39, 0.29) is 5.91 Å². The normalized spacial score (nSPS) is 28.1. The predicted molar refractivity (Wildman–Crippen MR) is 71.8 cm³/mol. The van der Waals surface area contributed by atoms with Gasteiger partial charge in [-0.2, -0.15) is 0 Å². The standard InChI is InChI=1S/C13H20N2O2S/c1-9-3-5-13(17,6-4-9)8-14-12(16)11-7-18-10(2)15-11/h7,9,17H,3-6,8H2,1-2H3,(H,14,16). The molecule has 2 rings (SSSR count). The largest absolute Gasteiger partial charge is 0.388 e. The number of hydrogen-bond acceptors (Lipinski definition) is 4. The van der Waals surface area contributed by atoms with Crippen LogP contribution in [0, 0.1) is 12.8 Å². The second-order valence-corrected chi connectivity index (χ2v) is 6.40. The molecule has 5 heteroatoms. The van der Waals surface area contributed by atoms with E-state index in [4.69, 9.17) is 0 Å². The summed E-state index contributed by atoms with van der Waals surface area (Å²) in [4.78, 5) is 16.0. The first-order chi connectivity index (χ1) is 8.48. The number of nitrogens with one attached hydrogen (secondary N) is 1. The maximum atomic E-state index is 11.8. The average Bonchev–Trinajstić information content (AvgIpc) is 2.77. The summed E-state index contributed by atoms with van der Waals surface area (Å²) in [5.74, 6) is 0.494. The van der Waals surface area contributed by atoms with Crippen LogP contribution in [-0.4, -0.2) is 28.1 Å². The van der Waals surface area contributed by atoms with Crippen molar-refractivity contribution in [3.05, 3.63) is 16.1 Å². The molecule has 1 fully saturated rings. The molecule has 0 radical (unpaired) electrons. The second-order valence-electron chi connectivity index (χ2n) is 5.34. The van der Waals surface area contributed by atoms with Gasteiger partial charge in [0, 0.05) is 11.9 Å². The fraction of sp³-hybridized carbons (Fsp3) is 0.692. The van der Waals surface area contributed by atoms with Crippen molar-refractivity contribution in [3.63, 3.8) is 0 Å². The Labute approximate surface area is 111 Å². The SMILES string of the molecule is Cc1nc(C(=O)NCC2(O)CCC(C)CC2)cs1. The molecule has 4 nitrogen and oxygen atoms in total. The van der Waals surface area contributed by atoms with Crippen LogP contribution in [0.1, 0.15) is 48.1 Å². The highest BCUT2D eigenvalue weighted by Crippen LogP contribution is 2.31. The third-order valence-corrected chi connectivity index (χ3v) is 4.41. The van der Waals surface area contributed by atoms with Gasteiger partial charge < -0.3 is 10.4 Å². The maximum Gasteiger partial charge on any atom is 0.270 e. The molecule has 0 aromatic carbocycles. The van der Waals surface area contributed by atoms with Gasteiger partial charge >= 0.3 is 0 Å². The lowest BCUT2D eigenvalue weighted by atomic mass is 9.79. The minimum Gasteiger partial charge on any atom is -0.388 e. The van der Waals surface area contributed by atoms with Crippen LogP contribution in [-0.2, 0) is 0 Å². The van der Waals surface area contributed by atoms with Crippen LogP contribution in [0.5, 0.6) is 0 Å². The van der Waals surface area contributed by atoms with Gasteiger partial charge in [0.1, 0.15) is 5.69 Å². The zero-order valence-electron chi connectivity index (χ0n) is 10.9. The van der Waals surface area contributed by atoms with E-state index in [9.17, 15) is 9.90 Å². The minimum absolute atomic E-state index is 0.189. The molecule has 1 aliphatic carbocycles. The lowest BCUT2D eigenvalue weighted by Crippen LogP contribution is -2.45. The van der Waals surface area contributed by atoms with Gasteiger partial charge in [0.15, 0.2) is 0 Å². The topological polar surface area (TPSA) is 62.2 Å². The first-order valence-electron chi connectivity index (χ1n) is 6.41. The quantitative estimate of drug-likeness (QED) is 0.882. The number of amides is 1. The highest BCUT2D eigenvalue weighted by atomic mass is 32.1. The van der Waals surface area contributed by atoms with Crippen molar-refractivity contribution in [2.24, 2.45) is 5.92 Å². The van der Waals surface area contributed by atoms with Gasteiger partial charge in [-0.15, -0.1) is 11.3 Å². The van der Waals surface area contributed by atoms with E-state index in [0.717, 1.165) is 30.7 Å². The molecule has 1 aromatic heterocycles. The van der Waals surface area contributed by atoms with E-state index in [1.807, 2.05) is 6.92 Å². The smallest absolute Gasteiger partial charge is 0.270 e. The molecule has 0 spiro atoms. The summed E-state index contributed by atoms with van der Waals surface area (Å²) in [6.07, 6.45) is 3.60. The van der Waals surface area contributed by atoms with Crippen LogP contribution in [0.2, 0.25) is 0 Å². The number of thiazole rings is 1. The lowest BCUT2D eigenvalue weighted by molar-refractivity contribution is -0.00543. The first kappa shape index (κ1) is 13.5. The van der Waals surface area contributed by atoms with Crippen LogP contribution >= 0.6 is 11.3 Å². The van der Waals surface area contributed by atoms with Gasteiger partial charge in [0.05, 0.1) is 10.6 Å². The molecule has 0 saturated heterocycles. The molecule has 1 aromatic rings. The first-order valence-corrected chi connectivity index (χ1v) is 7.29. The van der Waals surface area contributed by atoms with Gasteiger partial charge in [-0.05, 0) is 38.5 Å². The van der Waals surface area contributed by atoms with Crippen molar-refractivity contribution in [1.29, 1.82) is 0 Å². The van der Waals surface area contributed by atoms with E-state index in [1.54, 1.807) is 5.38 Å². The van der Waals surface area contributed by atoms with E-state index in [1.165, 1.54) is 11.3 Å². The third kappa shape index (κ3) is 3.29. The number of aryl methyl sites for hydroxylation is 1. The van der Waals surface area contributed by atoms with Crippen molar-refractivity contribution >= 4 is 17.2 Å². The monoisotopic (exact) mass is 268 g/mol. The van der Waals surface area contributed by atoms with Gasteiger partial charge in [0.25, 0.3) is 5.91 Å². The maximum absolute atomic E-state index is 11.8. The second kappa shape index (κ2) is 5.36. The molecule has 1 amide bonds. The summed E-state index contributed by atoms with van der Waals surface area (Å²) >= 11 is 1.46. The molecule has 0 bridgehead atoms. The number of nitrogens with zero attached hydrogens (tertiary/aromatic N) is 1. The van der Waals surface area contributed by atoms with Crippen LogP contribution in [0.15, 0.2) is 5.38 Å². The fourth-order valence-corrected chi connectivity index (χ4v) is 2.87. The Kier molecular flexibility index (Phi) is 4.02. The van der Waals surface area contributed by atoms with Crippen molar-refractivity contribution in [1.82, 2.24) is 10.3 Å². The Balaban J connectivity index is 1.86. The zero-order chi connectivity index (χ0) is 13.2. The predicted octanol–water partition coefficient (Wildman–Crippen LogP) is 2.12.